The highest BCUT2D eigenvalue weighted by molar-refractivity contribution is 7.89. The summed E-state index contributed by atoms with van der Waals surface area (Å²) in [5, 5.41) is 5.97. The molecule has 0 spiro atoms. The quantitative estimate of drug-likeness (QED) is 0.749. The second-order valence-corrected chi connectivity index (χ2v) is 8.15. The van der Waals surface area contributed by atoms with Crippen molar-refractivity contribution in [2.45, 2.75) is 4.90 Å². The van der Waals surface area contributed by atoms with Gasteiger partial charge in [-0.3, -0.25) is 0 Å². The van der Waals surface area contributed by atoms with Crippen LogP contribution in [0.15, 0.2) is 40.9 Å². The number of ether oxygens (including phenoxy) is 1. The number of nitrogens with one attached hydrogen (secondary N) is 1. The van der Waals surface area contributed by atoms with Crippen molar-refractivity contribution < 1.29 is 13.2 Å². The van der Waals surface area contributed by atoms with E-state index < -0.39 is 10.0 Å². The van der Waals surface area contributed by atoms with Gasteiger partial charge in [-0.1, -0.05) is 0 Å². The van der Waals surface area contributed by atoms with Gasteiger partial charge in [0.25, 0.3) is 0 Å². The SMILES string of the molecule is COc1ccc(Nc2ncnc3sccc23)cc1S(=O)(=O)N(C)C. The molecule has 0 aliphatic carbocycles. The van der Waals surface area contributed by atoms with Gasteiger partial charge in [-0.2, -0.15) is 0 Å². The lowest BCUT2D eigenvalue weighted by atomic mass is 10.3. The molecule has 7 nitrogen and oxygen atoms in total. The fraction of sp³-hybridized carbons (Fsp3) is 0.200. The molecule has 0 unspecified atom stereocenters. The third kappa shape index (κ3) is 2.93. The molecule has 24 heavy (non-hydrogen) atoms. The van der Waals surface area contributed by atoms with Crippen LogP contribution in [0, 0.1) is 0 Å². The minimum Gasteiger partial charge on any atom is -0.495 e. The highest BCUT2D eigenvalue weighted by atomic mass is 32.2. The number of nitrogens with zero attached hydrogens (tertiary/aromatic N) is 3. The summed E-state index contributed by atoms with van der Waals surface area (Å²) in [5.41, 5.74) is 0.599. The normalized spacial score (nSPS) is 11.8. The topological polar surface area (TPSA) is 84.4 Å². The van der Waals surface area contributed by atoms with Crippen molar-refractivity contribution in [3.05, 3.63) is 36.0 Å². The van der Waals surface area contributed by atoms with Crippen LogP contribution in [0.4, 0.5) is 11.5 Å². The van der Waals surface area contributed by atoms with Crippen LogP contribution in [-0.4, -0.2) is 43.9 Å². The van der Waals surface area contributed by atoms with E-state index in [0.717, 1.165) is 14.5 Å². The van der Waals surface area contributed by atoms with Gasteiger partial charge >= 0.3 is 0 Å². The zero-order valence-electron chi connectivity index (χ0n) is 13.3. The summed E-state index contributed by atoms with van der Waals surface area (Å²) < 4.78 is 31.3. The van der Waals surface area contributed by atoms with E-state index in [4.69, 9.17) is 4.74 Å². The lowest BCUT2D eigenvalue weighted by Crippen LogP contribution is -2.22. The lowest BCUT2D eigenvalue weighted by molar-refractivity contribution is 0.400. The molecule has 0 atom stereocenters. The van der Waals surface area contributed by atoms with Gasteiger partial charge in [-0.05, 0) is 29.6 Å². The Hall–Kier alpha value is -2.23. The average Bonchev–Trinajstić information content (AvgIpc) is 3.04. The maximum atomic E-state index is 12.5. The number of benzene rings is 1. The van der Waals surface area contributed by atoms with Crippen LogP contribution in [0.5, 0.6) is 5.75 Å². The van der Waals surface area contributed by atoms with Crippen LogP contribution in [0.2, 0.25) is 0 Å². The maximum Gasteiger partial charge on any atom is 0.246 e. The highest BCUT2D eigenvalue weighted by Crippen LogP contribution is 2.31. The highest BCUT2D eigenvalue weighted by Gasteiger charge is 2.22. The van der Waals surface area contributed by atoms with Gasteiger partial charge in [0.15, 0.2) is 0 Å². The van der Waals surface area contributed by atoms with Crippen LogP contribution in [-0.2, 0) is 10.0 Å². The zero-order chi connectivity index (χ0) is 17.3. The molecule has 0 fully saturated rings. The van der Waals surface area contributed by atoms with Crippen LogP contribution in [0.3, 0.4) is 0 Å². The van der Waals surface area contributed by atoms with Crippen molar-refractivity contribution in [2.75, 3.05) is 26.5 Å². The minimum atomic E-state index is -3.63. The van der Waals surface area contributed by atoms with Gasteiger partial charge < -0.3 is 10.1 Å². The Kier molecular flexibility index (Phi) is 4.39. The van der Waals surface area contributed by atoms with E-state index in [2.05, 4.69) is 15.3 Å². The fourth-order valence-corrected chi connectivity index (χ4v) is 3.99. The van der Waals surface area contributed by atoms with E-state index in [1.807, 2.05) is 11.4 Å². The summed E-state index contributed by atoms with van der Waals surface area (Å²) in [4.78, 5) is 9.39. The van der Waals surface area contributed by atoms with E-state index >= 15 is 0 Å². The first-order valence-corrected chi connectivity index (χ1v) is 9.31. The van der Waals surface area contributed by atoms with E-state index in [0.29, 0.717) is 11.5 Å². The predicted octanol–water partition coefficient (Wildman–Crippen LogP) is 2.69. The third-order valence-corrected chi connectivity index (χ3v) is 6.10. The molecule has 126 valence electrons. The van der Waals surface area contributed by atoms with Crippen molar-refractivity contribution in [1.82, 2.24) is 14.3 Å². The molecule has 1 N–H and O–H groups in total. The van der Waals surface area contributed by atoms with Crippen LogP contribution >= 0.6 is 11.3 Å². The summed E-state index contributed by atoms with van der Waals surface area (Å²) in [7, 11) is 0.773. The Morgan fingerprint density at radius 2 is 2.00 bits per heavy atom. The first-order valence-electron chi connectivity index (χ1n) is 6.99. The second kappa shape index (κ2) is 6.34. The lowest BCUT2D eigenvalue weighted by Gasteiger charge is -2.16. The van der Waals surface area contributed by atoms with Crippen molar-refractivity contribution in [3.63, 3.8) is 0 Å². The summed E-state index contributed by atoms with van der Waals surface area (Å²) in [6.07, 6.45) is 1.47. The minimum absolute atomic E-state index is 0.0932. The molecule has 0 radical (unpaired) electrons. The average molecular weight is 364 g/mol. The largest absolute Gasteiger partial charge is 0.495 e. The van der Waals surface area contributed by atoms with Crippen molar-refractivity contribution in [2.24, 2.45) is 0 Å². The molecule has 0 bridgehead atoms. The molecule has 3 rings (SSSR count). The molecule has 9 heteroatoms. The zero-order valence-corrected chi connectivity index (χ0v) is 15.0. The van der Waals surface area contributed by atoms with E-state index in [1.165, 1.54) is 44.9 Å². The van der Waals surface area contributed by atoms with Crippen molar-refractivity contribution in [1.29, 1.82) is 0 Å². The summed E-state index contributed by atoms with van der Waals surface area (Å²) in [5.74, 6) is 0.914. The molecule has 0 aliphatic heterocycles. The number of thiophene rings is 1. The van der Waals surface area contributed by atoms with Gasteiger partial charge in [0.1, 0.15) is 27.6 Å². The fourth-order valence-electron chi connectivity index (χ4n) is 2.18. The number of rotatable bonds is 5. The van der Waals surface area contributed by atoms with Gasteiger partial charge in [0.05, 0.1) is 12.5 Å². The summed E-state index contributed by atoms with van der Waals surface area (Å²) in [6.45, 7) is 0. The number of aromatic nitrogens is 2. The third-order valence-electron chi connectivity index (χ3n) is 3.45. The maximum absolute atomic E-state index is 12.5. The molecule has 0 saturated heterocycles. The Morgan fingerprint density at radius 3 is 2.71 bits per heavy atom. The molecule has 2 heterocycles. The first kappa shape index (κ1) is 16.6. The van der Waals surface area contributed by atoms with E-state index in [-0.39, 0.29) is 10.6 Å². The predicted molar refractivity (Wildman–Crippen MR) is 94.6 cm³/mol. The van der Waals surface area contributed by atoms with Gasteiger partial charge in [0, 0.05) is 19.8 Å². The van der Waals surface area contributed by atoms with Crippen molar-refractivity contribution >= 4 is 43.1 Å². The molecule has 0 saturated carbocycles. The number of hydrogen-bond acceptors (Lipinski definition) is 7. The molecule has 0 amide bonds. The Morgan fingerprint density at radius 1 is 1.21 bits per heavy atom. The first-order chi connectivity index (χ1) is 11.4. The Bertz CT molecular complexity index is 983. The number of hydrogen-bond donors (Lipinski definition) is 1. The second-order valence-electron chi connectivity index (χ2n) is 5.14. The monoisotopic (exact) mass is 364 g/mol. The smallest absolute Gasteiger partial charge is 0.246 e. The van der Waals surface area contributed by atoms with Gasteiger partial charge in [-0.15, -0.1) is 11.3 Å². The standard InChI is InChI=1S/C15H16N4O3S2/c1-19(2)24(20,21)13-8-10(4-5-12(13)22-3)18-14-11-6-7-23-15(11)17-9-16-14/h4-9H,1-3H3,(H,16,17,18). The van der Waals surface area contributed by atoms with E-state index in [9.17, 15) is 8.42 Å². The molecule has 0 aliphatic rings. The number of fused-ring (bicyclic) bond motifs is 1. The van der Waals surface area contributed by atoms with E-state index in [1.54, 1.807) is 12.1 Å². The molecule has 3 aromatic rings. The molecular formula is C15H16N4O3S2. The van der Waals surface area contributed by atoms with Crippen LogP contribution in [0.1, 0.15) is 0 Å². The van der Waals surface area contributed by atoms with Crippen molar-refractivity contribution in [3.8, 4) is 5.75 Å². The summed E-state index contributed by atoms with van der Waals surface area (Å²) in [6, 6.07) is 6.82. The van der Waals surface area contributed by atoms with Gasteiger partial charge in [-0.25, -0.2) is 22.7 Å². The van der Waals surface area contributed by atoms with Crippen LogP contribution in [0.25, 0.3) is 10.2 Å². The Labute approximate surface area is 144 Å². The molecule has 1 aromatic carbocycles. The van der Waals surface area contributed by atoms with Gasteiger partial charge in [0.2, 0.25) is 10.0 Å². The number of sulfonamides is 1. The summed E-state index contributed by atoms with van der Waals surface area (Å²) >= 11 is 1.52. The number of anilines is 2. The van der Waals surface area contributed by atoms with Crippen LogP contribution < -0.4 is 10.1 Å². The molecule has 2 aromatic heterocycles. The molecular weight excluding hydrogens is 348 g/mol. The number of methoxy groups -OCH3 is 1. The Balaban J connectivity index is 2.05.